The van der Waals surface area contributed by atoms with Gasteiger partial charge in [-0.3, -0.25) is 24.6 Å². The quantitative estimate of drug-likeness (QED) is 0.339. The standard InChI is InChI=1S/C26H25F6N5O2/c1-2-24(39)37(19-4-3-9-33-14-19)22-13-21(35-36-22)16-11-18(12-16)34-23(38)8-5-15-10-17(25(27,28)29)6-7-20(15)26(30,31)32/h3-4,6-7,9-10,13-14,16,18H,2,5,8,11-12H2,1H3,(H,34,38)(H,35,36). The number of amides is 2. The van der Waals surface area contributed by atoms with E-state index in [9.17, 15) is 35.9 Å². The number of nitrogens with one attached hydrogen (secondary N) is 2. The molecular formula is C26H25F6N5O2. The number of nitrogens with zero attached hydrogens (tertiary/aromatic N) is 3. The zero-order valence-corrected chi connectivity index (χ0v) is 20.7. The van der Waals surface area contributed by atoms with Crippen molar-refractivity contribution in [2.24, 2.45) is 0 Å². The molecular weight excluding hydrogens is 528 g/mol. The van der Waals surface area contributed by atoms with Crippen LogP contribution in [-0.4, -0.2) is 33.0 Å². The molecule has 3 aromatic rings. The highest BCUT2D eigenvalue weighted by atomic mass is 19.4. The van der Waals surface area contributed by atoms with Crippen molar-refractivity contribution in [2.75, 3.05) is 4.90 Å². The molecule has 2 heterocycles. The molecule has 0 unspecified atom stereocenters. The number of carbonyl (C=O) groups is 2. The first-order chi connectivity index (χ1) is 18.4. The summed E-state index contributed by atoms with van der Waals surface area (Å²) in [6.07, 6.45) is -6.07. The summed E-state index contributed by atoms with van der Waals surface area (Å²) in [6, 6.07) is 6.17. The SMILES string of the molecule is CCC(=O)N(c1cccnc1)c1cc(C2CC(NC(=O)CCc3cc(C(F)(F)F)ccc3C(F)(F)F)C2)[nH]n1. The van der Waals surface area contributed by atoms with Gasteiger partial charge < -0.3 is 5.32 Å². The molecule has 2 N–H and O–H groups in total. The van der Waals surface area contributed by atoms with Crippen molar-refractivity contribution in [1.82, 2.24) is 20.5 Å². The van der Waals surface area contributed by atoms with Gasteiger partial charge in [0.25, 0.3) is 0 Å². The van der Waals surface area contributed by atoms with Crippen molar-refractivity contribution in [1.29, 1.82) is 0 Å². The Kier molecular flexibility index (Phi) is 7.98. The lowest BCUT2D eigenvalue weighted by Crippen LogP contribution is -2.43. The zero-order chi connectivity index (χ0) is 28.4. The Labute approximate surface area is 219 Å². The molecule has 1 aromatic carbocycles. The van der Waals surface area contributed by atoms with Crippen LogP contribution in [0.4, 0.5) is 37.8 Å². The van der Waals surface area contributed by atoms with Crippen LogP contribution < -0.4 is 10.2 Å². The van der Waals surface area contributed by atoms with Crippen molar-refractivity contribution in [3.8, 4) is 0 Å². The monoisotopic (exact) mass is 553 g/mol. The van der Waals surface area contributed by atoms with Crippen LogP contribution in [0.25, 0.3) is 0 Å². The average molecular weight is 554 g/mol. The van der Waals surface area contributed by atoms with Crippen molar-refractivity contribution in [3.63, 3.8) is 0 Å². The predicted molar refractivity (Wildman–Crippen MR) is 129 cm³/mol. The van der Waals surface area contributed by atoms with Gasteiger partial charge in [0.15, 0.2) is 5.82 Å². The third-order valence-corrected chi connectivity index (χ3v) is 6.57. The molecule has 2 aromatic heterocycles. The first-order valence-electron chi connectivity index (χ1n) is 12.2. The van der Waals surface area contributed by atoms with Gasteiger partial charge in [-0.15, -0.1) is 0 Å². The number of aromatic nitrogens is 3. The lowest BCUT2D eigenvalue weighted by molar-refractivity contribution is -0.141. The molecule has 0 spiro atoms. The molecule has 13 heteroatoms. The maximum Gasteiger partial charge on any atom is 0.416 e. The topological polar surface area (TPSA) is 91.0 Å². The van der Waals surface area contributed by atoms with Crippen molar-refractivity contribution >= 4 is 23.3 Å². The summed E-state index contributed by atoms with van der Waals surface area (Å²) in [5.74, 6) is -0.317. The van der Waals surface area contributed by atoms with E-state index in [2.05, 4.69) is 20.5 Å². The first-order valence-corrected chi connectivity index (χ1v) is 12.2. The van der Waals surface area contributed by atoms with E-state index in [1.54, 1.807) is 37.5 Å². The maximum atomic E-state index is 13.3. The summed E-state index contributed by atoms with van der Waals surface area (Å²) in [7, 11) is 0. The van der Waals surface area contributed by atoms with Crippen LogP contribution in [0.5, 0.6) is 0 Å². The number of anilines is 2. The molecule has 1 saturated carbocycles. The molecule has 1 aliphatic carbocycles. The predicted octanol–water partition coefficient (Wildman–Crippen LogP) is 5.91. The molecule has 0 bridgehead atoms. The second kappa shape index (κ2) is 11.1. The van der Waals surface area contributed by atoms with Gasteiger partial charge in [-0.25, -0.2) is 0 Å². The van der Waals surface area contributed by atoms with Crippen LogP contribution in [0.1, 0.15) is 60.9 Å². The molecule has 0 aliphatic heterocycles. The van der Waals surface area contributed by atoms with Gasteiger partial charge in [-0.05, 0) is 55.2 Å². The normalized spacial score (nSPS) is 17.4. The van der Waals surface area contributed by atoms with E-state index in [0.29, 0.717) is 42.5 Å². The van der Waals surface area contributed by atoms with Crippen LogP contribution in [0, 0.1) is 0 Å². The summed E-state index contributed by atoms with van der Waals surface area (Å²) in [6.45, 7) is 1.73. The third kappa shape index (κ3) is 6.58. The number of alkyl halides is 6. The van der Waals surface area contributed by atoms with E-state index in [0.717, 1.165) is 5.69 Å². The zero-order valence-electron chi connectivity index (χ0n) is 20.7. The minimum atomic E-state index is -4.84. The van der Waals surface area contributed by atoms with E-state index < -0.39 is 41.4 Å². The van der Waals surface area contributed by atoms with E-state index >= 15 is 0 Å². The lowest BCUT2D eigenvalue weighted by Gasteiger charge is -2.35. The Morgan fingerprint density at radius 3 is 2.44 bits per heavy atom. The Morgan fingerprint density at radius 2 is 1.82 bits per heavy atom. The van der Waals surface area contributed by atoms with Crippen LogP contribution in [0.3, 0.4) is 0 Å². The number of pyridine rings is 1. The number of rotatable bonds is 8. The fraction of sp³-hybridized carbons (Fsp3) is 0.385. The number of hydrogen-bond acceptors (Lipinski definition) is 4. The largest absolute Gasteiger partial charge is 0.416 e. The molecule has 2 amide bonds. The highest BCUT2D eigenvalue weighted by Crippen LogP contribution is 2.39. The second-order valence-electron chi connectivity index (χ2n) is 9.28. The van der Waals surface area contributed by atoms with E-state index in [-0.39, 0.29) is 30.7 Å². The van der Waals surface area contributed by atoms with Gasteiger partial charge in [0.2, 0.25) is 11.8 Å². The minimum absolute atomic E-state index is 0.00401. The number of halogens is 6. The average Bonchev–Trinajstić information content (AvgIpc) is 3.33. The van der Waals surface area contributed by atoms with E-state index in [1.807, 2.05) is 0 Å². The molecule has 39 heavy (non-hydrogen) atoms. The number of hydrogen-bond donors (Lipinski definition) is 2. The van der Waals surface area contributed by atoms with Gasteiger partial charge in [0, 0.05) is 42.8 Å². The number of carbonyl (C=O) groups excluding carboxylic acids is 2. The summed E-state index contributed by atoms with van der Waals surface area (Å²) >= 11 is 0. The molecule has 1 aliphatic rings. The summed E-state index contributed by atoms with van der Waals surface area (Å²) in [4.78, 5) is 30.4. The Hall–Kier alpha value is -3.90. The minimum Gasteiger partial charge on any atom is -0.353 e. The Balaban J connectivity index is 1.34. The molecule has 208 valence electrons. The van der Waals surface area contributed by atoms with Crippen LogP contribution >= 0.6 is 0 Å². The van der Waals surface area contributed by atoms with E-state index in [4.69, 9.17) is 0 Å². The van der Waals surface area contributed by atoms with Crippen LogP contribution in [-0.2, 0) is 28.4 Å². The van der Waals surface area contributed by atoms with Gasteiger partial charge in [-0.1, -0.05) is 6.92 Å². The highest BCUT2D eigenvalue weighted by Gasteiger charge is 2.37. The van der Waals surface area contributed by atoms with E-state index in [1.165, 1.54) is 4.90 Å². The fourth-order valence-corrected chi connectivity index (χ4v) is 4.49. The van der Waals surface area contributed by atoms with Crippen molar-refractivity contribution in [3.05, 3.63) is 71.2 Å². The van der Waals surface area contributed by atoms with Gasteiger partial charge in [-0.2, -0.15) is 31.4 Å². The number of H-pyrrole nitrogens is 1. The summed E-state index contributed by atoms with van der Waals surface area (Å²) in [5.41, 5.74) is -1.65. The van der Waals surface area contributed by atoms with Gasteiger partial charge in [0.1, 0.15) is 0 Å². The van der Waals surface area contributed by atoms with Crippen LogP contribution in [0.2, 0.25) is 0 Å². The summed E-state index contributed by atoms with van der Waals surface area (Å²) in [5, 5.41) is 9.90. The number of aromatic amines is 1. The smallest absolute Gasteiger partial charge is 0.353 e. The van der Waals surface area contributed by atoms with Crippen molar-refractivity contribution < 1.29 is 35.9 Å². The maximum absolute atomic E-state index is 13.3. The molecule has 0 saturated heterocycles. The highest BCUT2D eigenvalue weighted by molar-refractivity contribution is 5.99. The lowest BCUT2D eigenvalue weighted by atomic mass is 9.78. The molecule has 1 fully saturated rings. The fourth-order valence-electron chi connectivity index (χ4n) is 4.49. The summed E-state index contributed by atoms with van der Waals surface area (Å²) < 4.78 is 78.8. The van der Waals surface area contributed by atoms with Gasteiger partial charge >= 0.3 is 12.4 Å². The molecule has 4 rings (SSSR count). The Morgan fingerprint density at radius 1 is 1.08 bits per heavy atom. The number of aryl methyl sites for hydroxylation is 1. The molecule has 0 radical (unpaired) electrons. The molecule has 7 nitrogen and oxygen atoms in total. The van der Waals surface area contributed by atoms with Gasteiger partial charge in [0.05, 0.1) is 23.0 Å². The first kappa shape index (κ1) is 28.1. The van der Waals surface area contributed by atoms with Crippen LogP contribution in [0.15, 0.2) is 48.8 Å². The Bertz CT molecular complexity index is 1320. The second-order valence-corrected chi connectivity index (χ2v) is 9.28. The third-order valence-electron chi connectivity index (χ3n) is 6.57. The van der Waals surface area contributed by atoms with Crippen molar-refractivity contribution in [2.45, 2.75) is 63.3 Å². The number of benzene rings is 1. The molecule has 0 atom stereocenters.